The van der Waals surface area contributed by atoms with Crippen LogP contribution in [0.25, 0.3) is 6.08 Å². The summed E-state index contributed by atoms with van der Waals surface area (Å²) in [5, 5.41) is 20.0. The second-order valence-corrected chi connectivity index (χ2v) is 7.01. The summed E-state index contributed by atoms with van der Waals surface area (Å²) in [6, 6.07) is 14.9. The van der Waals surface area contributed by atoms with Crippen molar-refractivity contribution in [3.05, 3.63) is 81.0 Å². The van der Waals surface area contributed by atoms with Gasteiger partial charge in [0.15, 0.2) is 0 Å². The lowest BCUT2D eigenvalue weighted by atomic mass is 10.0. The first kappa shape index (κ1) is 19.6. The third-order valence-electron chi connectivity index (χ3n) is 5.17. The van der Waals surface area contributed by atoms with Crippen molar-refractivity contribution < 1.29 is 4.92 Å². The second-order valence-electron chi connectivity index (χ2n) is 7.01. The number of hydrogen-bond acceptors (Lipinski definition) is 5. The molecule has 0 amide bonds. The standard InChI is InChI=1S/C22H24N4O2/c1-18-3-2-4-20(17-23)22(18)10-12-25-15-13-24(14-16-25)11-9-19-5-7-21(8-6-19)26(27)28/h2-8,10,12H,9,11,13-16H2,1H3/b12-10+. The Morgan fingerprint density at radius 3 is 2.50 bits per heavy atom. The zero-order chi connectivity index (χ0) is 19.9. The summed E-state index contributed by atoms with van der Waals surface area (Å²) in [6.45, 7) is 6.84. The van der Waals surface area contributed by atoms with Gasteiger partial charge in [-0.3, -0.25) is 15.0 Å². The van der Waals surface area contributed by atoms with Crippen LogP contribution in [0.5, 0.6) is 0 Å². The van der Waals surface area contributed by atoms with Crippen molar-refractivity contribution in [1.29, 1.82) is 5.26 Å². The zero-order valence-corrected chi connectivity index (χ0v) is 16.0. The van der Waals surface area contributed by atoms with Crippen LogP contribution in [0.3, 0.4) is 0 Å². The molecule has 0 atom stereocenters. The number of hydrogen-bond donors (Lipinski definition) is 0. The molecule has 2 aromatic carbocycles. The zero-order valence-electron chi connectivity index (χ0n) is 16.0. The Hall–Kier alpha value is -3.17. The van der Waals surface area contributed by atoms with Crippen LogP contribution in [-0.4, -0.2) is 47.4 Å². The number of non-ortho nitro benzene ring substituents is 1. The first-order chi connectivity index (χ1) is 13.6. The average molecular weight is 376 g/mol. The maximum Gasteiger partial charge on any atom is 0.269 e. The lowest BCUT2D eigenvalue weighted by Crippen LogP contribution is -2.44. The first-order valence-electron chi connectivity index (χ1n) is 9.44. The quantitative estimate of drug-likeness (QED) is 0.569. The second kappa shape index (κ2) is 9.16. The topological polar surface area (TPSA) is 73.4 Å². The molecule has 1 aliphatic rings. The number of rotatable bonds is 6. The highest BCUT2D eigenvalue weighted by molar-refractivity contribution is 5.61. The predicted octanol–water partition coefficient (Wildman–Crippen LogP) is 3.61. The normalized spacial score (nSPS) is 14.9. The molecule has 0 aliphatic carbocycles. The Morgan fingerprint density at radius 1 is 1.14 bits per heavy atom. The van der Waals surface area contributed by atoms with Gasteiger partial charge in [-0.05, 0) is 48.4 Å². The van der Waals surface area contributed by atoms with Crippen molar-refractivity contribution in [3.8, 4) is 6.07 Å². The SMILES string of the molecule is Cc1cccc(C#N)c1/C=C/N1CCN(CCc2ccc([N+](=O)[O-])cc2)CC1. The maximum atomic E-state index is 10.7. The van der Waals surface area contributed by atoms with Crippen molar-refractivity contribution in [1.82, 2.24) is 9.80 Å². The van der Waals surface area contributed by atoms with E-state index in [1.807, 2.05) is 43.3 Å². The number of piperazine rings is 1. The summed E-state index contributed by atoms with van der Waals surface area (Å²) < 4.78 is 0. The van der Waals surface area contributed by atoms with Gasteiger partial charge in [0.1, 0.15) is 0 Å². The van der Waals surface area contributed by atoms with Gasteiger partial charge in [-0.15, -0.1) is 0 Å². The average Bonchev–Trinajstić information content (AvgIpc) is 2.72. The van der Waals surface area contributed by atoms with Crippen LogP contribution < -0.4 is 0 Å². The summed E-state index contributed by atoms with van der Waals surface area (Å²) in [7, 11) is 0. The minimum atomic E-state index is -0.368. The molecule has 2 aromatic rings. The Balaban J connectivity index is 1.48. The first-order valence-corrected chi connectivity index (χ1v) is 9.44. The number of benzene rings is 2. The highest BCUT2D eigenvalue weighted by Gasteiger charge is 2.14. The minimum absolute atomic E-state index is 0.136. The van der Waals surface area contributed by atoms with Crippen LogP contribution in [0.1, 0.15) is 22.3 Å². The Kier molecular flexibility index (Phi) is 6.41. The van der Waals surface area contributed by atoms with Gasteiger partial charge in [-0.25, -0.2) is 0 Å². The molecule has 3 rings (SSSR count). The molecule has 0 unspecified atom stereocenters. The highest BCUT2D eigenvalue weighted by Crippen LogP contribution is 2.16. The fraction of sp³-hybridized carbons (Fsp3) is 0.318. The molecule has 6 nitrogen and oxygen atoms in total. The van der Waals surface area contributed by atoms with Gasteiger partial charge in [-0.1, -0.05) is 24.3 Å². The fourth-order valence-electron chi connectivity index (χ4n) is 3.39. The Morgan fingerprint density at radius 2 is 1.86 bits per heavy atom. The van der Waals surface area contributed by atoms with E-state index in [2.05, 4.69) is 22.1 Å². The third kappa shape index (κ3) is 4.96. The van der Waals surface area contributed by atoms with Gasteiger partial charge < -0.3 is 4.90 Å². The Bertz CT molecular complexity index is 892. The predicted molar refractivity (Wildman–Crippen MR) is 110 cm³/mol. The van der Waals surface area contributed by atoms with Crippen molar-refractivity contribution in [2.24, 2.45) is 0 Å². The summed E-state index contributed by atoms with van der Waals surface area (Å²) in [6.07, 6.45) is 5.03. The van der Waals surface area contributed by atoms with Crippen molar-refractivity contribution >= 4 is 11.8 Å². The van der Waals surface area contributed by atoms with Gasteiger partial charge in [0.05, 0.1) is 16.6 Å². The monoisotopic (exact) mass is 376 g/mol. The summed E-state index contributed by atoms with van der Waals surface area (Å²) in [5.74, 6) is 0. The van der Waals surface area contributed by atoms with Gasteiger partial charge in [0.25, 0.3) is 5.69 Å². The smallest absolute Gasteiger partial charge is 0.269 e. The molecule has 0 bridgehead atoms. The third-order valence-corrected chi connectivity index (χ3v) is 5.17. The number of aryl methyl sites for hydroxylation is 1. The van der Waals surface area contributed by atoms with Crippen molar-refractivity contribution in [2.45, 2.75) is 13.3 Å². The molecule has 6 heteroatoms. The molecule has 28 heavy (non-hydrogen) atoms. The number of nitro benzene ring substituents is 1. The van der Waals surface area contributed by atoms with E-state index in [1.165, 1.54) is 0 Å². The van der Waals surface area contributed by atoms with Crippen molar-refractivity contribution in [3.63, 3.8) is 0 Å². The Labute approximate surface area is 165 Å². The van der Waals surface area contributed by atoms with E-state index in [-0.39, 0.29) is 10.6 Å². The van der Waals surface area contributed by atoms with E-state index in [1.54, 1.807) is 12.1 Å². The summed E-state index contributed by atoms with van der Waals surface area (Å²) in [4.78, 5) is 15.1. The van der Waals surface area contributed by atoms with Crippen LogP contribution in [-0.2, 0) is 6.42 Å². The lowest BCUT2D eigenvalue weighted by Gasteiger charge is -2.34. The molecule has 1 aliphatic heterocycles. The fourth-order valence-corrected chi connectivity index (χ4v) is 3.39. The van der Waals surface area contributed by atoms with Gasteiger partial charge in [0.2, 0.25) is 0 Å². The molecule has 0 aromatic heterocycles. The summed E-state index contributed by atoms with van der Waals surface area (Å²) in [5.41, 5.74) is 4.06. The molecule has 1 saturated heterocycles. The van der Waals surface area contributed by atoms with E-state index in [9.17, 15) is 15.4 Å². The summed E-state index contributed by atoms with van der Waals surface area (Å²) >= 11 is 0. The lowest BCUT2D eigenvalue weighted by molar-refractivity contribution is -0.384. The maximum absolute atomic E-state index is 10.7. The number of nitriles is 1. The van der Waals surface area contributed by atoms with Crippen LogP contribution in [0.4, 0.5) is 5.69 Å². The molecule has 1 heterocycles. The highest BCUT2D eigenvalue weighted by atomic mass is 16.6. The van der Waals surface area contributed by atoms with E-state index >= 15 is 0 Å². The minimum Gasteiger partial charge on any atom is -0.375 e. The van der Waals surface area contributed by atoms with Crippen LogP contribution in [0.15, 0.2) is 48.7 Å². The molecule has 0 N–H and O–H groups in total. The van der Waals surface area contributed by atoms with Gasteiger partial charge in [0, 0.05) is 44.9 Å². The van der Waals surface area contributed by atoms with E-state index in [0.29, 0.717) is 5.56 Å². The molecule has 1 fully saturated rings. The molecule has 0 spiro atoms. The van der Waals surface area contributed by atoms with Gasteiger partial charge in [-0.2, -0.15) is 5.26 Å². The molecule has 0 saturated carbocycles. The number of nitro groups is 1. The molecular weight excluding hydrogens is 352 g/mol. The van der Waals surface area contributed by atoms with Crippen LogP contribution in [0, 0.1) is 28.4 Å². The van der Waals surface area contributed by atoms with E-state index in [4.69, 9.17) is 0 Å². The van der Waals surface area contributed by atoms with Gasteiger partial charge >= 0.3 is 0 Å². The van der Waals surface area contributed by atoms with Crippen LogP contribution >= 0.6 is 0 Å². The number of nitrogens with zero attached hydrogens (tertiary/aromatic N) is 4. The largest absolute Gasteiger partial charge is 0.375 e. The molecule has 0 radical (unpaired) electrons. The van der Waals surface area contributed by atoms with E-state index in [0.717, 1.165) is 55.8 Å². The van der Waals surface area contributed by atoms with Crippen molar-refractivity contribution in [2.75, 3.05) is 32.7 Å². The van der Waals surface area contributed by atoms with Crippen LogP contribution in [0.2, 0.25) is 0 Å². The van der Waals surface area contributed by atoms with E-state index < -0.39 is 0 Å². The molecular formula is C22H24N4O2. The molecule has 144 valence electrons.